The van der Waals surface area contributed by atoms with Crippen LogP contribution in [0.25, 0.3) is 6.08 Å². The summed E-state index contributed by atoms with van der Waals surface area (Å²) in [4.78, 5) is 25.7. The van der Waals surface area contributed by atoms with Gasteiger partial charge < -0.3 is 4.74 Å². The van der Waals surface area contributed by atoms with Crippen LogP contribution in [0.15, 0.2) is 45.8 Å². The maximum Gasteiger partial charge on any atom is 0.294 e. The predicted octanol–water partition coefficient (Wildman–Crippen LogP) is 6.00. The minimum absolute atomic E-state index is 0.0566. The fourth-order valence-corrected chi connectivity index (χ4v) is 4.10. The Balaban J connectivity index is 1.86. The topological polar surface area (TPSA) is 46.6 Å². The summed E-state index contributed by atoms with van der Waals surface area (Å²) in [6.07, 6.45) is 6.84. The summed E-state index contributed by atoms with van der Waals surface area (Å²) in [7, 11) is 0. The predicted molar refractivity (Wildman–Crippen MR) is 116 cm³/mol. The molecular formula is C20H12BrCl2NO3S. The molecule has 1 heterocycles. The highest BCUT2D eigenvalue weighted by Crippen LogP contribution is 2.35. The Hall–Kier alpha value is -1.91. The Labute approximate surface area is 185 Å². The first-order valence-corrected chi connectivity index (χ1v) is 10.3. The molecule has 0 unspecified atom stereocenters. The summed E-state index contributed by atoms with van der Waals surface area (Å²) in [5.74, 6) is 2.44. The summed E-state index contributed by atoms with van der Waals surface area (Å²) >= 11 is 16.4. The monoisotopic (exact) mass is 495 g/mol. The number of amides is 2. The van der Waals surface area contributed by atoms with Crippen molar-refractivity contribution in [3.05, 3.63) is 66.9 Å². The first-order chi connectivity index (χ1) is 13.4. The lowest BCUT2D eigenvalue weighted by Crippen LogP contribution is -2.28. The maximum absolute atomic E-state index is 12.4. The van der Waals surface area contributed by atoms with Crippen molar-refractivity contribution >= 4 is 68.1 Å². The van der Waals surface area contributed by atoms with Crippen molar-refractivity contribution in [3.63, 3.8) is 0 Å². The molecule has 2 aromatic carbocycles. The largest absolute Gasteiger partial charge is 0.488 e. The van der Waals surface area contributed by atoms with Gasteiger partial charge in [-0.25, -0.2) is 0 Å². The van der Waals surface area contributed by atoms with Crippen LogP contribution in [0, 0.1) is 12.3 Å². The van der Waals surface area contributed by atoms with Gasteiger partial charge in [-0.05, 0) is 48.2 Å². The van der Waals surface area contributed by atoms with E-state index >= 15 is 0 Å². The Kier molecular flexibility index (Phi) is 6.73. The van der Waals surface area contributed by atoms with E-state index in [1.54, 1.807) is 36.4 Å². The molecule has 0 N–H and O–H groups in total. The molecule has 142 valence electrons. The number of terminal acetylenes is 1. The number of halogens is 3. The van der Waals surface area contributed by atoms with Crippen molar-refractivity contribution in [2.75, 3.05) is 6.54 Å². The number of nitrogens with zero attached hydrogens (tertiary/aromatic N) is 1. The lowest BCUT2D eigenvalue weighted by molar-refractivity contribution is -0.122. The highest BCUT2D eigenvalue weighted by molar-refractivity contribution is 9.10. The molecular weight excluding hydrogens is 485 g/mol. The molecule has 4 nitrogen and oxygen atoms in total. The highest BCUT2D eigenvalue weighted by Gasteiger charge is 2.34. The molecule has 0 spiro atoms. The molecule has 0 radical (unpaired) electrons. The van der Waals surface area contributed by atoms with Crippen LogP contribution in [-0.2, 0) is 11.4 Å². The van der Waals surface area contributed by atoms with Crippen LogP contribution in [0.2, 0.25) is 10.0 Å². The maximum atomic E-state index is 12.4. The van der Waals surface area contributed by atoms with Crippen LogP contribution < -0.4 is 4.74 Å². The van der Waals surface area contributed by atoms with Crippen LogP contribution in [0.3, 0.4) is 0 Å². The first-order valence-electron chi connectivity index (χ1n) is 7.94. The van der Waals surface area contributed by atoms with Gasteiger partial charge >= 0.3 is 0 Å². The van der Waals surface area contributed by atoms with E-state index in [9.17, 15) is 9.59 Å². The quantitative estimate of drug-likeness (QED) is 0.376. The van der Waals surface area contributed by atoms with Crippen molar-refractivity contribution in [2.45, 2.75) is 6.61 Å². The molecule has 8 heteroatoms. The fourth-order valence-electron chi connectivity index (χ4n) is 2.43. The van der Waals surface area contributed by atoms with Crippen LogP contribution in [0.1, 0.15) is 11.1 Å². The van der Waals surface area contributed by atoms with E-state index in [-0.39, 0.29) is 23.3 Å². The third kappa shape index (κ3) is 4.73. The van der Waals surface area contributed by atoms with Gasteiger partial charge in [0.2, 0.25) is 0 Å². The van der Waals surface area contributed by atoms with Gasteiger partial charge in [-0.3, -0.25) is 14.5 Å². The Morgan fingerprint density at radius 1 is 1.21 bits per heavy atom. The molecule has 1 aliphatic heterocycles. The van der Waals surface area contributed by atoms with Crippen molar-refractivity contribution in [1.29, 1.82) is 0 Å². The number of carbonyl (C=O) groups excluding carboxylic acids is 2. The molecule has 3 rings (SSSR count). The standard InChI is InChI=1S/C20H12BrCl2NO3S/c1-2-7-24-19(25)18(28-20(24)26)9-13-8-14(21)4-6-17(13)27-11-12-3-5-15(22)10-16(12)23/h1,3-6,8-10H,7,11H2/b18-9-. The third-order valence-corrected chi connectivity index (χ3v) is 5.77. The van der Waals surface area contributed by atoms with Crippen LogP contribution in [0.5, 0.6) is 5.75 Å². The van der Waals surface area contributed by atoms with E-state index < -0.39 is 5.91 Å². The molecule has 0 saturated carbocycles. The number of ether oxygens (including phenoxy) is 1. The van der Waals surface area contributed by atoms with Crippen molar-refractivity contribution < 1.29 is 14.3 Å². The number of rotatable bonds is 5. The second-order valence-electron chi connectivity index (χ2n) is 5.68. The van der Waals surface area contributed by atoms with E-state index in [1.165, 1.54) is 0 Å². The van der Waals surface area contributed by atoms with Crippen LogP contribution in [0.4, 0.5) is 4.79 Å². The second-order valence-corrected chi connectivity index (χ2v) is 8.43. The summed E-state index contributed by atoms with van der Waals surface area (Å²) in [5, 5.41) is 0.655. The summed E-state index contributed by atoms with van der Waals surface area (Å²) in [5.41, 5.74) is 1.42. The first kappa shape index (κ1) is 20.8. The van der Waals surface area contributed by atoms with Crippen LogP contribution in [-0.4, -0.2) is 22.6 Å². The van der Waals surface area contributed by atoms with E-state index in [4.69, 9.17) is 34.4 Å². The number of benzene rings is 2. The van der Waals surface area contributed by atoms with Crippen LogP contribution >= 0.6 is 50.9 Å². The summed E-state index contributed by atoms with van der Waals surface area (Å²) < 4.78 is 6.71. The molecule has 1 aliphatic rings. The van der Waals surface area contributed by atoms with E-state index in [0.29, 0.717) is 21.4 Å². The fraction of sp³-hybridized carbons (Fsp3) is 0.100. The van der Waals surface area contributed by atoms with Gasteiger partial charge in [0.05, 0.1) is 11.4 Å². The third-order valence-electron chi connectivity index (χ3n) is 3.78. The number of carbonyl (C=O) groups is 2. The number of hydrogen-bond donors (Lipinski definition) is 0. The molecule has 0 atom stereocenters. The van der Waals surface area contributed by atoms with Gasteiger partial charge in [-0.15, -0.1) is 6.42 Å². The average molecular weight is 497 g/mol. The van der Waals surface area contributed by atoms with E-state index in [1.807, 2.05) is 6.07 Å². The zero-order chi connectivity index (χ0) is 20.3. The number of hydrogen-bond acceptors (Lipinski definition) is 4. The number of imide groups is 1. The minimum atomic E-state index is -0.417. The lowest BCUT2D eigenvalue weighted by Gasteiger charge is -2.12. The second kappa shape index (κ2) is 9.06. The zero-order valence-electron chi connectivity index (χ0n) is 14.2. The molecule has 1 fully saturated rings. The van der Waals surface area contributed by atoms with Crippen molar-refractivity contribution in [3.8, 4) is 18.1 Å². The average Bonchev–Trinajstić information content (AvgIpc) is 2.90. The van der Waals surface area contributed by atoms with Gasteiger partial charge in [-0.1, -0.05) is 51.1 Å². The molecule has 1 saturated heterocycles. The molecule has 0 aliphatic carbocycles. The summed E-state index contributed by atoms with van der Waals surface area (Å²) in [6, 6.07) is 10.6. The smallest absolute Gasteiger partial charge is 0.294 e. The SMILES string of the molecule is C#CCN1C(=O)S/C(=C\c2cc(Br)ccc2OCc2ccc(Cl)cc2Cl)C1=O. The molecule has 2 aromatic rings. The van der Waals surface area contributed by atoms with Crippen molar-refractivity contribution in [2.24, 2.45) is 0 Å². The molecule has 0 aromatic heterocycles. The van der Waals surface area contributed by atoms with Gasteiger partial charge in [0, 0.05) is 25.6 Å². The Morgan fingerprint density at radius 2 is 2.00 bits per heavy atom. The van der Waals surface area contributed by atoms with E-state index in [0.717, 1.165) is 26.7 Å². The van der Waals surface area contributed by atoms with Gasteiger partial charge in [0.15, 0.2) is 0 Å². The van der Waals surface area contributed by atoms with Crippen molar-refractivity contribution in [1.82, 2.24) is 4.90 Å². The molecule has 0 bridgehead atoms. The van der Waals surface area contributed by atoms with Gasteiger partial charge in [-0.2, -0.15) is 0 Å². The Bertz CT molecular complexity index is 1030. The van der Waals surface area contributed by atoms with E-state index in [2.05, 4.69) is 21.9 Å². The molecule has 28 heavy (non-hydrogen) atoms. The Morgan fingerprint density at radius 3 is 2.71 bits per heavy atom. The highest BCUT2D eigenvalue weighted by atomic mass is 79.9. The zero-order valence-corrected chi connectivity index (χ0v) is 18.2. The summed E-state index contributed by atoms with van der Waals surface area (Å²) in [6.45, 7) is 0.163. The number of thioether (sulfide) groups is 1. The van der Waals surface area contributed by atoms with Gasteiger partial charge in [0.1, 0.15) is 12.4 Å². The van der Waals surface area contributed by atoms with Gasteiger partial charge in [0.25, 0.3) is 11.1 Å². The lowest BCUT2D eigenvalue weighted by atomic mass is 10.1. The molecule has 2 amide bonds. The normalized spacial score (nSPS) is 15.2. The minimum Gasteiger partial charge on any atom is -0.488 e.